The first-order chi connectivity index (χ1) is 10.1. The number of ether oxygens (including phenoxy) is 1. The molecule has 2 aromatic rings. The van der Waals surface area contributed by atoms with E-state index in [-0.39, 0.29) is 17.6 Å². The van der Waals surface area contributed by atoms with Crippen LogP contribution in [0.1, 0.15) is 30.6 Å². The second-order valence-corrected chi connectivity index (χ2v) is 6.43. The number of aromatic nitrogens is 5. The third kappa shape index (κ3) is 4.76. The van der Waals surface area contributed by atoms with Crippen LogP contribution in [-0.4, -0.2) is 44.1 Å². The molecule has 2 aromatic heterocycles. The Labute approximate surface area is 130 Å². The molecule has 0 atom stereocenters. The Balaban J connectivity index is 1.80. The van der Waals surface area contributed by atoms with Gasteiger partial charge < -0.3 is 4.74 Å². The summed E-state index contributed by atoms with van der Waals surface area (Å²) in [5, 5.41) is 19.1. The van der Waals surface area contributed by atoms with Crippen LogP contribution in [0.15, 0.2) is 5.16 Å². The van der Waals surface area contributed by atoms with E-state index in [2.05, 4.69) is 30.7 Å². The molecule has 21 heavy (non-hydrogen) atoms. The van der Waals surface area contributed by atoms with E-state index in [0.29, 0.717) is 16.9 Å². The van der Waals surface area contributed by atoms with Crippen molar-refractivity contribution >= 4 is 34.1 Å². The minimum absolute atomic E-state index is 0.170. The molecule has 1 amide bonds. The number of aromatic amines is 1. The maximum absolute atomic E-state index is 11.8. The Hall–Kier alpha value is -1.52. The van der Waals surface area contributed by atoms with Gasteiger partial charge in [0.25, 0.3) is 0 Å². The molecule has 0 aliphatic rings. The van der Waals surface area contributed by atoms with Gasteiger partial charge in [0, 0.05) is 13.0 Å². The number of nitrogens with zero attached hydrogens (tertiary/aromatic N) is 4. The lowest BCUT2D eigenvalue weighted by Crippen LogP contribution is -2.13. The Morgan fingerprint density at radius 1 is 1.48 bits per heavy atom. The fourth-order valence-corrected chi connectivity index (χ4v) is 2.69. The molecule has 2 rings (SSSR count). The molecule has 0 radical (unpaired) electrons. The van der Waals surface area contributed by atoms with Crippen LogP contribution in [-0.2, 0) is 16.1 Å². The number of H-pyrrole nitrogens is 1. The predicted molar refractivity (Wildman–Crippen MR) is 80.4 cm³/mol. The van der Waals surface area contributed by atoms with Crippen molar-refractivity contribution < 1.29 is 9.53 Å². The third-order valence-corrected chi connectivity index (χ3v) is 4.00. The van der Waals surface area contributed by atoms with E-state index in [1.807, 2.05) is 13.8 Å². The molecule has 0 unspecified atom stereocenters. The Morgan fingerprint density at radius 3 is 2.95 bits per heavy atom. The summed E-state index contributed by atoms with van der Waals surface area (Å²) >= 11 is 2.56. The zero-order valence-electron chi connectivity index (χ0n) is 11.9. The molecule has 0 spiro atoms. The smallest absolute Gasteiger partial charge is 0.236 e. The summed E-state index contributed by atoms with van der Waals surface area (Å²) in [7, 11) is 1.58. The van der Waals surface area contributed by atoms with Gasteiger partial charge in [0.15, 0.2) is 0 Å². The predicted octanol–water partition coefficient (Wildman–Crippen LogP) is 1.66. The molecule has 0 aromatic carbocycles. The van der Waals surface area contributed by atoms with Gasteiger partial charge in [-0.05, 0) is 0 Å². The van der Waals surface area contributed by atoms with Crippen LogP contribution in [0.3, 0.4) is 0 Å². The van der Waals surface area contributed by atoms with Gasteiger partial charge in [-0.15, -0.1) is 15.3 Å². The second kappa shape index (κ2) is 7.48. The normalized spacial score (nSPS) is 11.0. The highest BCUT2D eigenvalue weighted by molar-refractivity contribution is 7.99. The van der Waals surface area contributed by atoms with Crippen molar-refractivity contribution in [3.8, 4) is 0 Å². The summed E-state index contributed by atoms with van der Waals surface area (Å²) in [6.07, 6.45) is 0. The molecule has 0 aliphatic heterocycles. The number of anilines is 1. The molecule has 10 heteroatoms. The molecule has 0 fully saturated rings. The van der Waals surface area contributed by atoms with Crippen LogP contribution in [0.5, 0.6) is 0 Å². The maximum Gasteiger partial charge on any atom is 0.236 e. The number of carbonyl (C=O) groups excluding carboxylic acids is 1. The minimum atomic E-state index is -0.170. The maximum atomic E-state index is 11.8. The number of thioether (sulfide) groups is 1. The van der Waals surface area contributed by atoms with Crippen LogP contribution in [0.4, 0.5) is 5.13 Å². The molecular formula is C11H16N6O2S2. The zero-order chi connectivity index (χ0) is 15.2. The van der Waals surface area contributed by atoms with Gasteiger partial charge in [-0.1, -0.05) is 36.9 Å². The van der Waals surface area contributed by atoms with Gasteiger partial charge in [0.05, 0.1) is 5.75 Å². The number of carbonyl (C=O) groups is 1. The van der Waals surface area contributed by atoms with Crippen LogP contribution in [0.25, 0.3) is 0 Å². The highest BCUT2D eigenvalue weighted by Crippen LogP contribution is 2.18. The molecule has 0 saturated heterocycles. The Kier molecular flexibility index (Phi) is 5.65. The lowest BCUT2D eigenvalue weighted by atomic mass is 10.2. The topological polar surface area (TPSA) is 106 Å². The van der Waals surface area contributed by atoms with Crippen molar-refractivity contribution in [2.45, 2.75) is 31.5 Å². The summed E-state index contributed by atoms with van der Waals surface area (Å²) in [4.78, 5) is 16.1. The van der Waals surface area contributed by atoms with E-state index in [9.17, 15) is 4.79 Å². The fourth-order valence-electron chi connectivity index (χ4n) is 1.35. The molecule has 114 valence electrons. The molecule has 0 bridgehead atoms. The van der Waals surface area contributed by atoms with Gasteiger partial charge in [0.2, 0.25) is 16.2 Å². The number of hydrogen-bond acceptors (Lipinski definition) is 8. The van der Waals surface area contributed by atoms with Gasteiger partial charge in [-0.2, -0.15) is 0 Å². The second-order valence-electron chi connectivity index (χ2n) is 4.43. The fraction of sp³-hybridized carbons (Fsp3) is 0.545. The Morgan fingerprint density at radius 2 is 2.29 bits per heavy atom. The average Bonchev–Trinajstić information content (AvgIpc) is 3.06. The third-order valence-electron chi connectivity index (χ3n) is 2.34. The summed E-state index contributed by atoms with van der Waals surface area (Å²) < 4.78 is 4.94. The first kappa shape index (κ1) is 15.9. The lowest BCUT2D eigenvalue weighted by Gasteiger charge is -1.98. The standard InChI is InChI=1S/C11H16N6O2S2/c1-6(2)9-13-10(16-15-9)20-5-7(18)12-11-17-14-8(21-11)4-19-3/h6H,4-5H2,1-3H3,(H,12,17,18)(H,13,15,16). The summed E-state index contributed by atoms with van der Waals surface area (Å²) in [5.41, 5.74) is 0. The van der Waals surface area contributed by atoms with Crippen molar-refractivity contribution in [3.05, 3.63) is 10.8 Å². The van der Waals surface area contributed by atoms with Crippen LogP contribution in [0.2, 0.25) is 0 Å². The molecule has 2 heterocycles. The van der Waals surface area contributed by atoms with E-state index in [1.54, 1.807) is 7.11 Å². The van der Waals surface area contributed by atoms with Gasteiger partial charge in [0.1, 0.15) is 17.4 Å². The molecule has 0 saturated carbocycles. The van der Waals surface area contributed by atoms with Gasteiger partial charge >= 0.3 is 0 Å². The number of nitrogens with one attached hydrogen (secondary N) is 2. The first-order valence-corrected chi connectivity index (χ1v) is 8.05. The van der Waals surface area contributed by atoms with Crippen molar-refractivity contribution in [1.82, 2.24) is 25.4 Å². The number of rotatable bonds is 7. The molecule has 8 nitrogen and oxygen atoms in total. The summed E-state index contributed by atoms with van der Waals surface area (Å²) in [6, 6.07) is 0. The summed E-state index contributed by atoms with van der Waals surface area (Å²) in [6.45, 7) is 4.43. The largest absolute Gasteiger partial charge is 0.377 e. The average molecular weight is 328 g/mol. The molecule has 2 N–H and O–H groups in total. The van der Waals surface area contributed by atoms with Crippen molar-refractivity contribution in [2.75, 3.05) is 18.2 Å². The highest BCUT2D eigenvalue weighted by Gasteiger charge is 2.11. The van der Waals surface area contributed by atoms with E-state index < -0.39 is 0 Å². The number of amides is 1. The SMILES string of the molecule is COCc1nnc(NC(=O)CSc2n[nH]c(C(C)C)n2)s1. The van der Waals surface area contributed by atoms with Crippen LogP contribution >= 0.6 is 23.1 Å². The highest BCUT2D eigenvalue weighted by atomic mass is 32.2. The van der Waals surface area contributed by atoms with E-state index in [4.69, 9.17) is 4.74 Å². The zero-order valence-corrected chi connectivity index (χ0v) is 13.5. The van der Waals surface area contributed by atoms with Crippen molar-refractivity contribution in [3.63, 3.8) is 0 Å². The molecular weight excluding hydrogens is 312 g/mol. The van der Waals surface area contributed by atoms with Crippen molar-refractivity contribution in [2.24, 2.45) is 0 Å². The van der Waals surface area contributed by atoms with E-state index in [1.165, 1.54) is 23.1 Å². The first-order valence-electron chi connectivity index (χ1n) is 6.24. The van der Waals surface area contributed by atoms with Crippen LogP contribution < -0.4 is 5.32 Å². The van der Waals surface area contributed by atoms with Gasteiger partial charge in [-0.3, -0.25) is 15.2 Å². The Bertz CT molecular complexity index is 597. The molecule has 0 aliphatic carbocycles. The van der Waals surface area contributed by atoms with Crippen LogP contribution in [0, 0.1) is 0 Å². The quantitative estimate of drug-likeness (QED) is 0.744. The lowest BCUT2D eigenvalue weighted by molar-refractivity contribution is -0.113. The number of hydrogen-bond donors (Lipinski definition) is 2. The summed E-state index contributed by atoms with van der Waals surface area (Å²) in [5.74, 6) is 1.14. The monoisotopic (exact) mass is 328 g/mol. The number of methoxy groups -OCH3 is 1. The van der Waals surface area contributed by atoms with E-state index >= 15 is 0 Å². The van der Waals surface area contributed by atoms with Gasteiger partial charge in [-0.25, -0.2) is 4.98 Å². The van der Waals surface area contributed by atoms with Crippen molar-refractivity contribution in [1.29, 1.82) is 0 Å². The van der Waals surface area contributed by atoms with E-state index in [0.717, 1.165) is 10.8 Å². The minimum Gasteiger partial charge on any atom is -0.377 e.